The molecule has 0 aliphatic heterocycles. The van der Waals surface area contributed by atoms with Gasteiger partial charge in [-0.1, -0.05) is 115 Å². The van der Waals surface area contributed by atoms with E-state index in [0.29, 0.717) is 34.3 Å². The normalized spacial score (nSPS) is 11.3. The van der Waals surface area contributed by atoms with Gasteiger partial charge in [0, 0.05) is 38.2 Å². The molecule has 7 heteroatoms. The molecule has 0 aliphatic rings. The Kier molecular flexibility index (Phi) is 7.11. The summed E-state index contributed by atoms with van der Waals surface area (Å²) in [6, 6.07) is 56.9. The highest BCUT2D eigenvalue weighted by Gasteiger charge is 2.21. The Hall–Kier alpha value is -7.87. The van der Waals surface area contributed by atoms with Gasteiger partial charge in [-0.05, 0) is 48.5 Å². The lowest BCUT2D eigenvalue weighted by atomic mass is 10.1. The molecule has 0 bridgehead atoms. The number of hydrogen-bond acceptors (Lipinski definition) is 4. The van der Waals surface area contributed by atoms with E-state index in [-0.39, 0.29) is 0 Å². The second-order valence-corrected chi connectivity index (χ2v) is 13.1. The third-order valence-electron chi connectivity index (χ3n) is 10.0. The lowest BCUT2D eigenvalue weighted by Crippen LogP contribution is -2.02. The Morgan fingerprint density at radius 2 is 0.944 bits per heavy atom. The molecule has 0 radical (unpaired) electrons. The molecule has 3 heterocycles. The molecule has 3 aromatic heterocycles. The van der Waals surface area contributed by atoms with E-state index in [2.05, 4.69) is 68.6 Å². The topological polar surface area (TPSA) is 76.7 Å². The first-order valence-electron chi connectivity index (χ1n) is 17.6. The summed E-state index contributed by atoms with van der Waals surface area (Å²) in [6.45, 7) is 7.95. The van der Waals surface area contributed by atoms with Crippen molar-refractivity contribution in [2.24, 2.45) is 0 Å². The average Bonchev–Trinajstić information content (AvgIpc) is 3.74. The van der Waals surface area contributed by atoms with Crippen molar-refractivity contribution in [3.63, 3.8) is 0 Å². The maximum absolute atomic E-state index is 10.8. The fourth-order valence-corrected chi connectivity index (χ4v) is 7.60. The van der Waals surface area contributed by atoms with Crippen LogP contribution in [-0.4, -0.2) is 24.1 Å². The molecule has 0 atom stereocenters. The number of nitrogens with zero attached hydrogens (tertiary/aromatic N) is 7. The van der Waals surface area contributed by atoms with Crippen LogP contribution in [0.25, 0.3) is 94.0 Å². The van der Waals surface area contributed by atoms with Gasteiger partial charge in [-0.15, -0.1) is 0 Å². The van der Waals surface area contributed by atoms with Crippen LogP contribution in [0.2, 0.25) is 0 Å². The lowest BCUT2D eigenvalue weighted by Gasteiger charge is -2.13. The van der Waals surface area contributed by atoms with E-state index in [1.165, 1.54) is 0 Å². The van der Waals surface area contributed by atoms with Crippen LogP contribution in [0.4, 0.5) is 5.69 Å². The van der Waals surface area contributed by atoms with Crippen molar-refractivity contribution in [3.8, 4) is 51.6 Å². The van der Waals surface area contributed by atoms with Crippen LogP contribution in [0.15, 0.2) is 164 Å². The SMILES string of the molecule is [C-]#[N+]c1ccccc1-n1c2ccccc2c2cc3c4ccccc4n(-c4ccc(-c5nc(-c6ccccc6)nc(-c6ccccc6)n5)cc4C#N)c3cc21. The molecule has 10 aromatic rings. The number of hydrogen-bond donors (Lipinski definition) is 0. The van der Waals surface area contributed by atoms with Crippen molar-refractivity contribution >= 4 is 49.3 Å². The van der Waals surface area contributed by atoms with E-state index in [9.17, 15) is 5.26 Å². The molecule has 10 rings (SSSR count). The molecular formula is C47H27N7. The summed E-state index contributed by atoms with van der Waals surface area (Å²) in [7, 11) is 0. The fourth-order valence-electron chi connectivity index (χ4n) is 7.60. The predicted molar refractivity (Wildman–Crippen MR) is 216 cm³/mol. The first-order valence-corrected chi connectivity index (χ1v) is 17.6. The maximum Gasteiger partial charge on any atom is 0.210 e. The fraction of sp³-hybridized carbons (Fsp3) is 0. The molecule has 0 spiro atoms. The van der Waals surface area contributed by atoms with Crippen LogP contribution in [0.5, 0.6) is 0 Å². The van der Waals surface area contributed by atoms with E-state index < -0.39 is 0 Å². The number of fused-ring (bicyclic) bond motifs is 6. The van der Waals surface area contributed by atoms with Crippen molar-refractivity contribution in [3.05, 3.63) is 181 Å². The van der Waals surface area contributed by atoms with Gasteiger partial charge < -0.3 is 9.13 Å². The molecule has 0 saturated carbocycles. The number of nitriles is 1. The zero-order chi connectivity index (χ0) is 36.2. The monoisotopic (exact) mass is 689 g/mol. The molecular weight excluding hydrogens is 663 g/mol. The molecule has 7 nitrogen and oxygen atoms in total. The Morgan fingerprint density at radius 3 is 1.52 bits per heavy atom. The summed E-state index contributed by atoms with van der Waals surface area (Å²) < 4.78 is 4.36. The highest BCUT2D eigenvalue weighted by atomic mass is 15.0. The van der Waals surface area contributed by atoms with Crippen LogP contribution in [0.3, 0.4) is 0 Å². The van der Waals surface area contributed by atoms with Gasteiger partial charge in [0.2, 0.25) is 5.69 Å². The molecule has 0 aliphatic carbocycles. The molecule has 250 valence electrons. The minimum atomic E-state index is 0.483. The molecule has 0 fully saturated rings. The van der Waals surface area contributed by atoms with Crippen molar-refractivity contribution in [1.82, 2.24) is 24.1 Å². The summed E-state index contributed by atoms with van der Waals surface area (Å²) in [6.07, 6.45) is 0. The average molecular weight is 690 g/mol. The van der Waals surface area contributed by atoms with Gasteiger partial charge in [-0.25, -0.2) is 19.8 Å². The standard InChI is InChI=1S/C47H27N7/c1-49-38-20-10-13-23-42(38)54-41-22-12-9-19-35(41)37-27-36-34-18-8-11-21-40(34)53(43(36)28-44(37)54)39-25-24-32(26-33(39)29-48)47-51-45(30-14-4-2-5-15-30)50-46(52-47)31-16-6-3-7-17-31/h2-28H. The lowest BCUT2D eigenvalue weighted by molar-refractivity contribution is 1.07. The zero-order valence-corrected chi connectivity index (χ0v) is 28.7. The van der Waals surface area contributed by atoms with Gasteiger partial charge >= 0.3 is 0 Å². The van der Waals surface area contributed by atoms with Gasteiger partial charge in [0.1, 0.15) is 6.07 Å². The van der Waals surface area contributed by atoms with Gasteiger partial charge in [0.25, 0.3) is 0 Å². The quantitative estimate of drug-likeness (QED) is 0.169. The van der Waals surface area contributed by atoms with Crippen molar-refractivity contribution in [1.29, 1.82) is 5.26 Å². The van der Waals surface area contributed by atoms with Crippen LogP contribution in [0, 0.1) is 17.9 Å². The minimum Gasteiger partial charge on any atom is -0.319 e. The Balaban J connectivity index is 1.22. The first kappa shape index (κ1) is 30.9. The van der Waals surface area contributed by atoms with Gasteiger partial charge in [-0.2, -0.15) is 5.26 Å². The van der Waals surface area contributed by atoms with Crippen molar-refractivity contribution in [2.75, 3.05) is 0 Å². The van der Waals surface area contributed by atoms with Crippen molar-refractivity contribution in [2.45, 2.75) is 0 Å². The van der Waals surface area contributed by atoms with E-state index in [0.717, 1.165) is 66.1 Å². The summed E-state index contributed by atoms with van der Waals surface area (Å²) in [5, 5.41) is 15.1. The van der Waals surface area contributed by atoms with Crippen LogP contribution in [0.1, 0.15) is 5.56 Å². The zero-order valence-electron chi connectivity index (χ0n) is 28.7. The minimum absolute atomic E-state index is 0.483. The van der Waals surface area contributed by atoms with Gasteiger partial charge in [0.15, 0.2) is 17.5 Å². The number of benzene rings is 7. The van der Waals surface area contributed by atoms with Crippen LogP contribution >= 0.6 is 0 Å². The third kappa shape index (κ3) is 4.85. The van der Waals surface area contributed by atoms with E-state index in [4.69, 9.17) is 21.5 Å². The Labute approximate surface area is 310 Å². The number of rotatable bonds is 5. The second kappa shape index (κ2) is 12.4. The Morgan fingerprint density at radius 1 is 0.444 bits per heavy atom. The van der Waals surface area contributed by atoms with Crippen LogP contribution in [-0.2, 0) is 0 Å². The molecule has 0 saturated heterocycles. The first-order chi connectivity index (χ1) is 26.7. The van der Waals surface area contributed by atoms with Crippen LogP contribution < -0.4 is 0 Å². The van der Waals surface area contributed by atoms with Gasteiger partial charge in [-0.3, -0.25) is 0 Å². The summed E-state index contributed by atoms with van der Waals surface area (Å²) in [5.41, 5.74) is 9.04. The largest absolute Gasteiger partial charge is 0.319 e. The van der Waals surface area contributed by atoms with E-state index in [1.54, 1.807) is 0 Å². The predicted octanol–water partition coefficient (Wildman–Crippen LogP) is 11.5. The highest BCUT2D eigenvalue weighted by Crippen LogP contribution is 2.41. The van der Waals surface area contributed by atoms with E-state index >= 15 is 0 Å². The van der Waals surface area contributed by atoms with Gasteiger partial charge in [0.05, 0.1) is 45.6 Å². The summed E-state index contributed by atoms with van der Waals surface area (Å²) >= 11 is 0. The third-order valence-corrected chi connectivity index (χ3v) is 10.0. The molecule has 54 heavy (non-hydrogen) atoms. The second-order valence-electron chi connectivity index (χ2n) is 13.1. The molecule has 7 aromatic carbocycles. The van der Waals surface area contributed by atoms with Crippen molar-refractivity contribution < 1.29 is 0 Å². The summed E-state index contributed by atoms with van der Waals surface area (Å²) in [5.74, 6) is 1.60. The number of para-hydroxylation sites is 4. The Bertz CT molecular complexity index is 3120. The van der Waals surface area contributed by atoms with E-state index in [1.807, 2.05) is 115 Å². The molecule has 0 unspecified atom stereocenters. The smallest absolute Gasteiger partial charge is 0.210 e. The highest BCUT2D eigenvalue weighted by molar-refractivity contribution is 6.19. The number of aromatic nitrogens is 5. The maximum atomic E-state index is 10.8. The molecule has 0 N–H and O–H groups in total. The summed E-state index contributed by atoms with van der Waals surface area (Å²) in [4.78, 5) is 18.5. The molecule has 0 amide bonds.